The lowest BCUT2D eigenvalue weighted by molar-refractivity contribution is -0.137. The molecule has 0 bridgehead atoms. The third-order valence-corrected chi connectivity index (χ3v) is 4.72. The highest BCUT2D eigenvalue weighted by atomic mass is 35.5. The maximum atomic E-state index is 13.2. The minimum atomic E-state index is -1.09. The number of rotatable bonds is 5. The quantitative estimate of drug-likeness (QED) is 0.786. The molecule has 1 aromatic carbocycles. The van der Waals surface area contributed by atoms with Gasteiger partial charge in [-0.3, -0.25) is 14.5 Å². The van der Waals surface area contributed by atoms with Gasteiger partial charge in [0.1, 0.15) is 6.04 Å². The summed E-state index contributed by atoms with van der Waals surface area (Å²) in [7, 11) is 1.65. The number of hydrogen-bond donors (Lipinski definition) is 1. The monoisotopic (exact) mass is 391 g/mol. The minimum absolute atomic E-state index is 0.109. The second-order valence-corrected chi connectivity index (χ2v) is 6.58. The van der Waals surface area contributed by atoms with Crippen molar-refractivity contribution in [2.75, 3.05) is 11.5 Å². The molecule has 2 atom stereocenters. The van der Waals surface area contributed by atoms with E-state index in [0.29, 0.717) is 16.3 Å². The summed E-state index contributed by atoms with van der Waals surface area (Å²) < 4.78 is 6.65. The standard InChI is InChI=1S/C18H18ClN3O5/c1-3-27-18(26)22-13-8-10(19)4-5-11(13)12(9-14(23)24)15(22)16(25)17-20-6-7-21(17)2/h4-8,12,15H,3,9H2,1-2H3,(H,23,24). The number of amides is 1. The van der Waals surface area contributed by atoms with Crippen LogP contribution in [0.5, 0.6) is 0 Å². The summed E-state index contributed by atoms with van der Waals surface area (Å²) in [4.78, 5) is 42.6. The average molecular weight is 392 g/mol. The zero-order valence-corrected chi connectivity index (χ0v) is 15.5. The first-order valence-corrected chi connectivity index (χ1v) is 8.71. The lowest BCUT2D eigenvalue weighted by Crippen LogP contribution is -2.46. The third-order valence-electron chi connectivity index (χ3n) is 4.48. The van der Waals surface area contributed by atoms with E-state index in [1.54, 1.807) is 32.3 Å². The number of benzene rings is 1. The minimum Gasteiger partial charge on any atom is -0.481 e. The smallest absolute Gasteiger partial charge is 0.414 e. The lowest BCUT2D eigenvalue weighted by Gasteiger charge is -2.26. The van der Waals surface area contributed by atoms with Crippen molar-refractivity contribution in [3.8, 4) is 0 Å². The van der Waals surface area contributed by atoms with Gasteiger partial charge in [0.15, 0.2) is 5.82 Å². The number of aromatic nitrogens is 2. The molecule has 1 N–H and O–H groups in total. The molecule has 142 valence electrons. The highest BCUT2D eigenvalue weighted by molar-refractivity contribution is 6.31. The molecule has 2 unspecified atom stereocenters. The molecule has 0 saturated heterocycles. The number of carbonyl (C=O) groups excluding carboxylic acids is 2. The van der Waals surface area contributed by atoms with Gasteiger partial charge in [0, 0.05) is 30.4 Å². The van der Waals surface area contributed by atoms with Gasteiger partial charge in [0.2, 0.25) is 5.78 Å². The largest absolute Gasteiger partial charge is 0.481 e. The summed E-state index contributed by atoms with van der Waals surface area (Å²) in [6, 6.07) is 3.69. The Morgan fingerprint density at radius 1 is 1.33 bits per heavy atom. The third kappa shape index (κ3) is 3.40. The lowest BCUT2D eigenvalue weighted by atomic mass is 9.89. The topological polar surface area (TPSA) is 102 Å². The first-order valence-electron chi connectivity index (χ1n) is 8.33. The first-order chi connectivity index (χ1) is 12.8. The van der Waals surface area contributed by atoms with E-state index in [4.69, 9.17) is 16.3 Å². The van der Waals surface area contributed by atoms with Crippen LogP contribution in [-0.2, 0) is 16.6 Å². The Morgan fingerprint density at radius 2 is 2.07 bits per heavy atom. The van der Waals surface area contributed by atoms with Gasteiger partial charge < -0.3 is 14.4 Å². The predicted molar refractivity (Wildman–Crippen MR) is 97.3 cm³/mol. The van der Waals surface area contributed by atoms with Gasteiger partial charge in [-0.1, -0.05) is 17.7 Å². The van der Waals surface area contributed by atoms with Gasteiger partial charge in [0.25, 0.3) is 0 Å². The number of carbonyl (C=O) groups is 3. The maximum absolute atomic E-state index is 13.2. The zero-order valence-electron chi connectivity index (χ0n) is 14.8. The van der Waals surface area contributed by atoms with Crippen LogP contribution in [-0.4, -0.2) is 45.2 Å². The molecule has 3 rings (SSSR count). The maximum Gasteiger partial charge on any atom is 0.414 e. The Hall–Kier alpha value is -2.87. The summed E-state index contributed by atoms with van der Waals surface area (Å²) in [6.07, 6.45) is 2.01. The fourth-order valence-corrected chi connectivity index (χ4v) is 3.56. The van der Waals surface area contributed by atoms with Gasteiger partial charge in [0.05, 0.1) is 18.7 Å². The number of carboxylic acids is 1. The van der Waals surface area contributed by atoms with Crippen molar-refractivity contribution in [2.24, 2.45) is 7.05 Å². The van der Waals surface area contributed by atoms with E-state index in [1.165, 1.54) is 21.7 Å². The Balaban J connectivity index is 2.15. The van der Waals surface area contributed by atoms with E-state index < -0.39 is 29.8 Å². The molecular formula is C18H18ClN3O5. The van der Waals surface area contributed by atoms with Crippen molar-refractivity contribution < 1.29 is 24.2 Å². The van der Waals surface area contributed by atoms with Crippen LogP contribution >= 0.6 is 11.6 Å². The summed E-state index contributed by atoms with van der Waals surface area (Å²) in [5.41, 5.74) is 0.933. The molecule has 1 amide bonds. The molecule has 27 heavy (non-hydrogen) atoms. The summed E-state index contributed by atoms with van der Waals surface area (Å²) >= 11 is 6.08. The van der Waals surface area contributed by atoms with Crippen LogP contribution in [0, 0.1) is 0 Å². The molecular weight excluding hydrogens is 374 g/mol. The molecule has 2 heterocycles. The van der Waals surface area contributed by atoms with Gasteiger partial charge in [-0.05, 0) is 24.6 Å². The van der Waals surface area contributed by atoms with Crippen molar-refractivity contribution in [3.05, 3.63) is 47.0 Å². The van der Waals surface area contributed by atoms with Crippen molar-refractivity contribution in [1.82, 2.24) is 9.55 Å². The number of aliphatic carboxylic acids is 1. The zero-order chi connectivity index (χ0) is 19.7. The number of ketones is 1. The molecule has 0 spiro atoms. The first kappa shape index (κ1) is 18.9. The molecule has 8 nitrogen and oxygen atoms in total. The van der Waals surface area contributed by atoms with Crippen LogP contribution in [0.2, 0.25) is 5.02 Å². The number of anilines is 1. The van der Waals surface area contributed by atoms with Crippen LogP contribution in [0.25, 0.3) is 0 Å². The Kier molecular flexibility index (Phi) is 5.18. The van der Waals surface area contributed by atoms with E-state index in [9.17, 15) is 19.5 Å². The van der Waals surface area contributed by atoms with Crippen LogP contribution < -0.4 is 4.90 Å². The van der Waals surface area contributed by atoms with Gasteiger partial charge in [-0.15, -0.1) is 0 Å². The summed E-state index contributed by atoms with van der Waals surface area (Å²) in [5, 5.41) is 9.74. The highest BCUT2D eigenvalue weighted by Crippen LogP contribution is 2.45. The molecule has 0 aliphatic carbocycles. The number of halogens is 1. The molecule has 1 aliphatic rings. The van der Waals surface area contributed by atoms with Crippen LogP contribution in [0.3, 0.4) is 0 Å². The predicted octanol–water partition coefficient (Wildman–Crippen LogP) is 2.86. The van der Waals surface area contributed by atoms with Gasteiger partial charge in [-0.25, -0.2) is 9.78 Å². The van der Waals surface area contributed by atoms with E-state index >= 15 is 0 Å². The molecule has 2 aromatic rings. The molecule has 0 fully saturated rings. The number of fused-ring (bicyclic) bond motifs is 1. The number of ether oxygens (including phenoxy) is 1. The molecule has 1 aromatic heterocycles. The number of aryl methyl sites for hydroxylation is 1. The number of imidazole rings is 1. The van der Waals surface area contributed by atoms with E-state index in [-0.39, 0.29) is 18.9 Å². The Labute approximate surface area is 160 Å². The molecule has 0 saturated carbocycles. The fourth-order valence-electron chi connectivity index (χ4n) is 3.39. The van der Waals surface area contributed by atoms with Gasteiger partial charge in [-0.2, -0.15) is 0 Å². The molecule has 0 radical (unpaired) electrons. The normalized spacial score (nSPS) is 18.3. The Bertz CT molecular complexity index is 910. The fraction of sp³-hybridized carbons (Fsp3) is 0.333. The van der Waals surface area contributed by atoms with Crippen LogP contribution in [0.4, 0.5) is 10.5 Å². The van der Waals surface area contributed by atoms with Crippen molar-refractivity contribution in [3.63, 3.8) is 0 Å². The number of carboxylic acid groups (broad SMARTS) is 1. The van der Waals surface area contributed by atoms with Crippen LogP contribution in [0.15, 0.2) is 30.6 Å². The van der Waals surface area contributed by atoms with Crippen molar-refractivity contribution in [1.29, 1.82) is 0 Å². The highest BCUT2D eigenvalue weighted by Gasteiger charge is 2.48. The Morgan fingerprint density at radius 3 is 2.67 bits per heavy atom. The molecule has 1 aliphatic heterocycles. The van der Waals surface area contributed by atoms with E-state index in [0.717, 1.165) is 0 Å². The number of nitrogens with zero attached hydrogens (tertiary/aromatic N) is 3. The van der Waals surface area contributed by atoms with E-state index in [2.05, 4.69) is 4.98 Å². The summed E-state index contributed by atoms with van der Waals surface area (Å²) in [6.45, 7) is 1.76. The number of hydrogen-bond acceptors (Lipinski definition) is 5. The second-order valence-electron chi connectivity index (χ2n) is 6.15. The van der Waals surface area contributed by atoms with E-state index in [1.807, 2.05) is 0 Å². The second kappa shape index (κ2) is 7.40. The SMILES string of the molecule is CCOC(=O)N1c2cc(Cl)ccc2C(CC(=O)O)C1C(=O)c1nccn1C. The van der Waals surface area contributed by atoms with Crippen molar-refractivity contribution >= 4 is 35.1 Å². The number of Topliss-reactive ketones (excluding diaryl/α,β-unsaturated/α-hetero) is 1. The molecule has 9 heteroatoms. The van der Waals surface area contributed by atoms with Crippen molar-refractivity contribution in [2.45, 2.75) is 25.3 Å². The average Bonchev–Trinajstić information content (AvgIpc) is 3.15. The summed E-state index contributed by atoms with van der Waals surface area (Å²) in [5.74, 6) is -2.16. The van der Waals surface area contributed by atoms with Gasteiger partial charge >= 0.3 is 12.1 Å². The van der Waals surface area contributed by atoms with Crippen LogP contribution in [0.1, 0.15) is 35.4 Å².